The number of carbonyl (C=O) groups excluding carboxylic acids is 2. The molecule has 0 spiro atoms. The van der Waals surface area contributed by atoms with Crippen LogP contribution in [0.2, 0.25) is 0 Å². The van der Waals surface area contributed by atoms with Crippen molar-refractivity contribution in [1.29, 1.82) is 0 Å². The predicted molar refractivity (Wildman–Crippen MR) is 129 cm³/mol. The lowest BCUT2D eigenvalue weighted by Gasteiger charge is -2.29. The maximum Gasteiger partial charge on any atom is 0.341 e. The molecule has 1 unspecified atom stereocenters. The molecule has 0 aliphatic heterocycles. The van der Waals surface area contributed by atoms with Gasteiger partial charge in [0.1, 0.15) is 6.61 Å². The molecule has 1 aromatic heterocycles. The highest BCUT2D eigenvalue weighted by atomic mass is 16.5. The third-order valence-electron chi connectivity index (χ3n) is 5.50. The fourth-order valence-corrected chi connectivity index (χ4v) is 4.03. The number of aromatic nitrogens is 1. The van der Waals surface area contributed by atoms with Gasteiger partial charge in [0, 0.05) is 18.2 Å². The maximum atomic E-state index is 13.0. The number of H-pyrrole nitrogens is 1. The van der Waals surface area contributed by atoms with Crippen molar-refractivity contribution in [2.45, 2.75) is 60.2 Å². The zero-order valence-corrected chi connectivity index (χ0v) is 20.0. The number of carbonyl (C=O) groups is 2. The topological polar surface area (TPSA) is 68.4 Å². The predicted octanol–water partition coefficient (Wildman–Crippen LogP) is 6.16. The molecule has 0 aliphatic rings. The lowest BCUT2D eigenvalue weighted by Crippen LogP contribution is -2.27. The van der Waals surface area contributed by atoms with Gasteiger partial charge in [0.2, 0.25) is 0 Å². The van der Waals surface area contributed by atoms with Crippen LogP contribution in [0.25, 0.3) is 5.57 Å². The minimum atomic E-state index is -0.488. The fraction of sp³-hybridized carbons (Fsp3) is 0.407. The quantitative estimate of drug-likeness (QED) is 0.260. The van der Waals surface area contributed by atoms with Gasteiger partial charge in [-0.3, -0.25) is 4.79 Å². The van der Waals surface area contributed by atoms with Gasteiger partial charge in [0.15, 0.2) is 6.29 Å². The van der Waals surface area contributed by atoms with Crippen LogP contribution in [0.15, 0.2) is 48.6 Å². The minimum Gasteiger partial charge on any atom is -0.457 e. The fourth-order valence-electron chi connectivity index (χ4n) is 4.03. The zero-order chi connectivity index (χ0) is 23.7. The van der Waals surface area contributed by atoms with Gasteiger partial charge in [-0.2, -0.15) is 0 Å². The molecule has 0 aliphatic carbocycles. The summed E-state index contributed by atoms with van der Waals surface area (Å²) in [4.78, 5) is 28.0. The molecular formula is C27H35NO4. The van der Waals surface area contributed by atoms with E-state index in [1.54, 1.807) is 7.11 Å². The molecule has 1 heterocycles. The lowest BCUT2D eigenvalue weighted by atomic mass is 9.83. The summed E-state index contributed by atoms with van der Waals surface area (Å²) >= 11 is 0. The lowest BCUT2D eigenvalue weighted by molar-refractivity contribution is 0.0469. The number of ether oxygens (including phenoxy) is 2. The SMILES string of the molecule is C/C=C\C(OC)C(C)(C)/C=C(\C)c1[nH]c(C=O)c(C(=O)OCc2ccccc2)c1CCC. The number of aldehydes is 1. The van der Waals surface area contributed by atoms with Gasteiger partial charge >= 0.3 is 5.97 Å². The van der Waals surface area contributed by atoms with Gasteiger partial charge in [-0.1, -0.05) is 75.8 Å². The summed E-state index contributed by atoms with van der Waals surface area (Å²) in [5.41, 5.74) is 3.75. The molecule has 0 bridgehead atoms. The zero-order valence-electron chi connectivity index (χ0n) is 20.0. The van der Waals surface area contributed by atoms with Crippen LogP contribution in [-0.4, -0.2) is 30.5 Å². The second kappa shape index (κ2) is 11.6. The molecule has 1 atom stereocenters. The van der Waals surface area contributed by atoms with Crippen LogP contribution in [0.1, 0.15) is 78.7 Å². The standard InChI is InChI=1S/C27H35NO4/c1-7-12-21-24(26(30)32-18-20-14-10-9-11-15-20)22(17-29)28-25(21)19(3)16-27(4,5)23(31-6)13-8-2/h8-11,13-17,23,28H,7,12,18H2,1-6H3/b13-8-,19-16+. The Hall–Kier alpha value is -2.92. The number of nitrogens with one attached hydrogen (secondary N) is 1. The van der Waals surface area contributed by atoms with Crippen molar-refractivity contribution in [1.82, 2.24) is 4.98 Å². The first-order valence-electron chi connectivity index (χ1n) is 11.1. The largest absolute Gasteiger partial charge is 0.457 e. The summed E-state index contributed by atoms with van der Waals surface area (Å²) in [5, 5.41) is 0. The number of allylic oxidation sites excluding steroid dienone is 2. The highest BCUT2D eigenvalue weighted by Crippen LogP contribution is 2.33. The van der Waals surface area contributed by atoms with E-state index in [0.717, 1.165) is 28.8 Å². The summed E-state index contributed by atoms with van der Waals surface area (Å²) in [6.07, 6.45) is 8.20. The Labute approximate surface area is 191 Å². The monoisotopic (exact) mass is 437 g/mol. The van der Waals surface area contributed by atoms with Gasteiger partial charge in [-0.15, -0.1) is 0 Å². The van der Waals surface area contributed by atoms with E-state index in [4.69, 9.17) is 9.47 Å². The molecule has 2 aromatic rings. The Morgan fingerprint density at radius 2 is 1.91 bits per heavy atom. The van der Waals surface area contributed by atoms with E-state index >= 15 is 0 Å². The van der Waals surface area contributed by atoms with Crippen molar-refractivity contribution in [3.05, 3.63) is 76.6 Å². The highest BCUT2D eigenvalue weighted by Gasteiger charge is 2.28. The van der Waals surface area contributed by atoms with E-state index in [2.05, 4.69) is 24.9 Å². The van der Waals surface area contributed by atoms with E-state index in [1.807, 2.05) is 63.3 Å². The summed E-state index contributed by atoms with van der Waals surface area (Å²) in [5.74, 6) is -0.488. The van der Waals surface area contributed by atoms with Crippen LogP contribution in [0.5, 0.6) is 0 Å². The molecule has 32 heavy (non-hydrogen) atoms. The van der Waals surface area contributed by atoms with Crippen LogP contribution in [0, 0.1) is 5.41 Å². The van der Waals surface area contributed by atoms with E-state index in [-0.39, 0.29) is 23.8 Å². The Bertz CT molecular complexity index is 967. The third-order valence-corrected chi connectivity index (χ3v) is 5.50. The van der Waals surface area contributed by atoms with E-state index in [9.17, 15) is 9.59 Å². The van der Waals surface area contributed by atoms with Crippen molar-refractivity contribution in [2.75, 3.05) is 7.11 Å². The Kier molecular flexibility index (Phi) is 9.21. The molecule has 5 heteroatoms. The van der Waals surface area contributed by atoms with Crippen molar-refractivity contribution in [3.8, 4) is 0 Å². The molecule has 0 amide bonds. The van der Waals surface area contributed by atoms with Crippen molar-refractivity contribution in [3.63, 3.8) is 0 Å². The number of aromatic amines is 1. The molecule has 5 nitrogen and oxygen atoms in total. The summed E-state index contributed by atoms with van der Waals surface area (Å²) in [6, 6.07) is 9.50. The van der Waals surface area contributed by atoms with Crippen LogP contribution >= 0.6 is 0 Å². The smallest absolute Gasteiger partial charge is 0.341 e. The third kappa shape index (κ3) is 6.07. The average Bonchev–Trinajstić information content (AvgIpc) is 3.15. The van der Waals surface area contributed by atoms with E-state index in [1.165, 1.54) is 0 Å². The van der Waals surface area contributed by atoms with Crippen molar-refractivity contribution < 1.29 is 19.1 Å². The molecule has 1 N–H and O–H groups in total. The Balaban J connectivity index is 2.44. The average molecular weight is 438 g/mol. The molecule has 0 fully saturated rings. The molecule has 0 radical (unpaired) electrons. The van der Waals surface area contributed by atoms with Crippen LogP contribution in [-0.2, 0) is 22.5 Å². The normalized spacial score (nSPS) is 13.4. The van der Waals surface area contributed by atoms with Crippen LogP contribution in [0.3, 0.4) is 0 Å². The van der Waals surface area contributed by atoms with Gasteiger partial charge in [0.25, 0.3) is 0 Å². The first-order chi connectivity index (χ1) is 15.3. The van der Waals surface area contributed by atoms with E-state index < -0.39 is 5.97 Å². The molecule has 2 rings (SSSR count). The number of methoxy groups -OCH3 is 1. The Morgan fingerprint density at radius 3 is 2.47 bits per heavy atom. The number of benzene rings is 1. The first-order valence-corrected chi connectivity index (χ1v) is 11.1. The highest BCUT2D eigenvalue weighted by molar-refractivity contribution is 6.00. The molecule has 1 aromatic carbocycles. The summed E-state index contributed by atoms with van der Waals surface area (Å²) < 4.78 is 11.2. The molecular weight excluding hydrogens is 402 g/mol. The van der Waals surface area contributed by atoms with Crippen molar-refractivity contribution in [2.24, 2.45) is 5.41 Å². The number of hydrogen-bond donors (Lipinski definition) is 1. The van der Waals surface area contributed by atoms with Gasteiger partial charge in [0.05, 0.1) is 17.4 Å². The molecule has 172 valence electrons. The van der Waals surface area contributed by atoms with Gasteiger partial charge < -0.3 is 14.5 Å². The van der Waals surface area contributed by atoms with Gasteiger partial charge in [-0.05, 0) is 37.0 Å². The number of hydrogen-bond acceptors (Lipinski definition) is 4. The van der Waals surface area contributed by atoms with Crippen LogP contribution < -0.4 is 0 Å². The number of esters is 1. The summed E-state index contributed by atoms with van der Waals surface area (Å²) in [6.45, 7) is 10.4. The molecule has 0 saturated carbocycles. The second-order valence-electron chi connectivity index (χ2n) is 8.53. The van der Waals surface area contributed by atoms with Gasteiger partial charge in [-0.25, -0.2) is 4.79 Å². The Morgan fingerprint density at radius 1 is 1.22 bits per heavy atom. The second-order valence-corrected chi connectivity index (χ2v) is 8.53. The molecule has 0 saturated heterocycles. The van der Waals surface area contributed by atoms with Crippen molar-refractivity contribution >= 4 is 17.8 Å². The first kappa shape index (κ1) is 25.3. The summed E-state index contributed by atoms with van der Waals surface area (Å²) in [7, 11) is 1.69. The van der Waals surface area contributed by atoms with E-state index in [0.29, 0.717) is 18.3 Å². The number of rotatable bonds is 11. The van der Waals surface area contributed by atoms with Crippen LogP contribution in [0.4, 0.5) is 0 Å². The minimum absolute atomic E-state index is 0.104. The maximum absolute atomic E-state index is 13.0.